The van der Waals surface area contributed by atoms with E-state index in [1.54, 1.807) is 4.68 Å². The van der Waals surface area contributed by atoms with Crippen LogP contribution in [0.15, 0.2) is 152 Å². The van der Waals surface area contributed by atoms with Gasteiger partial charge < -0.3 is 14.2 Å². The number of ether oxygens (including phenoxy) is 1. The summed E-state index contributed by atoms with van der Waals surface area (Å²) in [6.45, 7) is 8.67. The summed E-state index contributed by atoms with van der Waals surface area (Å²) in [4.78, 5) is 8.86. The number of hydrogen-bond acceptors (Lipinski definition) is 5. The van der Waals surface area contributed by atoms with Gasteiger partial charge in [-0.2, -0.15) is 6.07 Å². The molecule has 0 spiro atoms. The number of aromatic nitrogens is 4. The van der Waals surface area contributed by atoms with Crippen LogP contribution in [0, 0.1) is 24.9 Å². The molecule has 9 rings (SSSR count). The van der Waals surface area contributed by atoms with Gasteiger partial charge >= 0.3 is 21.1 Å². The second-order valence-corrected chi connectivity index (χ2v) is 15.9. The Hall–Kier alpha value is -6.50. The Bertz CT molecular complexity index is 2910. The van der Waals surface area contributed by atoms with Gasteiger partial charge in [-0.3, -0.25) is 4.90 Å². The van der Waals surface area contributed by atoms with E-state index in [1.165, 1.54) is 17.7 Å². The van der Waals surface area contributed by atoms with Gasteiger partial charge in [-0.05, 0) is 82.6 Å². The molecule has 0 bridgehead atoms. The smallest absolute Gasteiger partial charge is 0.509 e. The SMILES string of the molecule is Cc1ccnc(-n2c3[c-]c(Oc4[c-]c(-n5nc(N(C)C)c(-c6ccc(C(C)(C)C)cc6)c5N(c5ccccc5)c5ccccc5)cc(F)c4)ccc3c3ccccc32)c1.[Pt+2]. The standard InChI is InChI=1S/C51H43FN6O.Pt/c1-34-27-28-53-47(29-34)57-45-20-14-13-19-43(45)44-26-25-41(33-46(44)57)59-42-31-37(52)30-40(32-42)58-50(56(38-15-9-7-10-16-38)39-17-11-8-12-18-39)48(49(54-58)55(5)6)35-21-23-36(24-22-35)51(2,3)4;/h7-31H,1-6H3;/q-2;+2. The van der Waals surface area contributed by atoms with Crippen molar-refractivity contribution in [2.45, 2.75) is 33.1 Å². The molecule has 6 aromatic carbocycles. The van der Waals surface area contributed by atoms with Crippen molar-refractivity contribution in [3.05, 3.63) is 181 Å². The van der Waals surface area contributed by atoms with Crippen molar-refractivity contribution in [3.63, 3.8) is 0 Å². The monoisotopic (exact) mass is 969 g/mol. The minimum Gasteiger partial charge on any atom is -0.509 e. The molecule has 9 aromatic rings. The number of halogens is 1. The average molecular weight is 970 g/mol. The second-order valence-electron chi connectivity index (χ2n) is 15.9. The van der Waals surface area contributed by atoms with Crippen LogP contribution in [0.1, 0.15) is 31.9 Å². The molecule has 0 radical (unpaired) electrons. The zero-order chi connectivity index (χ0) is 40.8. The molecule has 0 N–H and O–H groups in total. The Labute approximate surface area is 364 Å². The Kier molecular flexibility index (Phi) is 10.9. The van der Waals surface area contributed by atoms with Crippen LogP contribution in [0.4, 0.5) is 27.4 Å². The minimum absolute atomic E-state index is 0. The number of pyridine rings is 1. The molecule has 300 valence electrons. The van der Waals surface area contributed by atoms with Crippen molar-refractivity contribution >= 4 is 44.8 Å². The number of nitrogens with zero attached hydrogens (tertiary/aromatic N) is 6. The van der Waals surface area contributed by atoms with Gasteiger partial charge in [0.05, 0.1) is 5.56 Å². The summed E-state index contributed by atoms with van der Waals surface area (Å²) in [6.07, 6.45) is 1.81. The van der Waals surface area contributed by atoms with E-state index < -0.39 is 5.82 Å². The van der Waals surface area contributed by atoms with Crippen LogP contribution in [-0.2, 0) is 26.5 Å². The molecular weight excluding hydrogens is 927 g/mol. The van der Waals surface area contributed by atoms with E-state index in [2.05, 4.69) is 103 Å². The van der Waals surface area contributed by atoms with Crippen molar-refractivity contribution in [1.82, 2.24) is 19.3 Å². The number of benzene rings is 6. The van der Waals surface area contributed by atoms with Crippen molar-refractivity contribution in [1.29, 1.82) is 0 Å². The summed E-state index contributed by atoms with van der Waals surface area (Å²) >= 11 is 0. The molecule has 9 heteroatoms. The van der Waals surface area contributed by atoms with Crippen LogP contribution < -0.4 is 14.5 Å². The quantitative estimate of drug-likeness (QED) is 0.135. The molecule has 0 amide bonds. The maximum Gasteiger partial charge on any atom is 2.00 e. The molecule has 0 fully saturated rings. The van der Waals surface area contributed by atoms with Gasteiger partial charge in [0.2, 0.25) is 0 Å². The summed E-state index contributed by atoms with van der Waals surface area (Å²) in [7, 11) is 3.94. The van der Waals surface area contributed by atoms with Gasteiger partial charge in [-0.1, -0.05) is 111 Å². The van der Waals surface area contributed by atoms with E-state index in [1.807, 2.05) is 105 Å². The first-order valence-electron chi connectivity index (χ1n) is 19.6. The second kappa shape index (κ2) is 16.3. The third-order valence-electron chi connectivity index (χ3n) is 10.5. The van der Waals surface area contributed by atoms with Gasteiger partial charge in [-0.15, -0.1) is 34.8 Å². The Morgan fingerprint density at radius 1 is 0.700 bits per heavy atom. The molecule has 0 aliphatic rings. The minimum atomic E-state index is -0.497. The molecule has 0 saturated carbocycles. The number of rotatable bonds is 9. The summed E-state index contributed by atoms with van der Waals surface area (Å²) in [5, 5.41) is 7.31. The molecule has 7 nitrogen and oxygen atoms in total. The predicted molar refractivity (Wildman–Crippen MR) is 238 cm³/mol. The van der Waals surface area contributed by atoms with Gasteiger partial charge in [0.25, 0.3) is 0 Å². The molecule has 0 atom stereocenters. The summed E-state index contributed by atoms with van der Waals surface area (Å²) in [6, 6.07) is 54.7. The number of hydrogen-bond donors (Lipinski definition) is 0. The Morgan fingerprint density at radius 2 is 1.37 bits per heavy atom. The fourth-order valence-electron chi connectivity index (χ4n) is 7.63. The van der Waals surface area contributed by atoms with Gasteiger partial charge in [0.1, 0.15) is 11.6 Å². The number of aryl methyl sites for hydroxylation is 1. The zero-order valence-corrected chi connectivity index (χ0v) is 36.5. The number of fused-ring (bicyclic) bond motifs is 3. The first-order valence-corrected chi connectivity index (χ1v) is 19.6. The van der Waals surface area contributed by atoms with Gasteiger partial charge in [-0.25, -0.2) is 14.1 Å². The van der Waals surface area contributed by atoms with Crippen LogP contribution in [-0.4, -0.2) is 33.4 Å². The van der Waals surface area contributed by atoms with Crippen LogP contribution in [0.5, 0.6) is 11.5 Å². The maximum atomic E-state index is 16.1. The Balaban J connectivity index is 0.00000499. The fraction of sp³-hybridized carbons (Fsp3) is 0.137. The topological polar surface area (TPSA) is 51.4 Å². The molecule has 3 heterocycles. The van der Waals surface area contributed by atoms with E-state index in [4.69, 9.17) is 14.8 Å². The molecular formula is C51H43FN6OPt. The van der Waals surface area contributed by atoms with Crippen molar-refractivity contribution < 1.29 is 30.2 Å². The van der Waals surface area contributed by atoms with Crippen LogP contribution in [0.2, 0.25) is 0 Å². The first kappa shape index (κ1) is 40.3. The van der Waals surface area contributed by atoms with E-state index in [-0.39, 0.29) is 32.2 Å². The molecule has 0 aliphatic carbocycles. The number of para-hydroxylation sites is 3. The largest absolute Gasteiger partial charge is 2.00 e. The summed E-state index contributed by atoms with van der Waals surface area (Å²) in [5.74, 6) is 2.29. The third-order valence-corrected chi connectivity index (χ3v) is 10.5. The molecule has 0 unspecified atom stereocenters. The molecule has 0 saturated heterocycles. The molecule has 0 aliphatic heterocycles. The van der Waals surface area contributed by atoms with Crippen molar-refractivity contribution in [3.8, 4) is 34.1 Å². The fourth-order valence-corrected chi connectivity index (χ4v) is 7.63. The normalized spacial score (nSPS) is 11.4. The summed E-state index contributed by atoms with van der Waals surface area (Å²) < 4.78 is 26.4. The van der Waals surface area contributed by atoms with Gasteiger partial charge in [0, 0.05) is 54.5 Å². The Morgan fingerprint density at radius 3 is 2.02 bits per heavy atom. The van der Waals surface area contributed by atoms with Crippen LogP contribution in [0.3, 0.4) is 0 Å². The maximum absolute atomic E-state index is 16.1. The van der Waals surface area contributed by atoms with Gasteiger partial charge in [0.15, 0.2) is 5.82 Å². The average Bonchev–Trinajstić information content (AvgIpc) is 3.78. The molecule has 60 heavy (non-hydrogen) atoms. The van der Waals surface area contributed by atoms with Crippen molar-refractivity contribution in [2.75, 3.05) is 23.9 Å². The van der Waals surface area contributed by atoms with Crippen LogP contribution in [0.25, 0.3) is 44.4 Å². The van der Waals surface area contributed by atoms with E-state index in [9.17, 15) is 0 Å². The number of anilines is 4. The third kappa shape index (κ3) is 7.59. The van der Waals surface area contributed by atoms with Crippen LogP contribution >= 0.6 is 0 Å². The zero-order valence-electron chi connectivity index (χ0n) is 34.2. The predicted octanol–water partition coefficient (Wildman–Crippen LogP) is 12.7. The first-order chi connectivity index (χ1) is 28.5. The molecule has 3 aromatic heterocycles. The van der Waals surface area contributed by atoms with E-state index in [0.29, 0.717) is 23.1 Å². The van der Waals surface area contributed by atoms with E-state index in [0.717, 1.165) is 55.7 Å². The van der Waals surface area contributed by atoms with Crippen molar-refractivity contribution in [2.24, 2.45) is 0 Å². The summed E-state index contributed by atoms with van der Waals surface area (Å²) in [5.41, 5.74) is 8.11. The van der Waals surface area contributed by atoms with E-state index >= 15 is 4.39 Å².